The minimum absolute atomic E-state index is 0.0589. The Morgan fingerprint density at radius 3 is 2.24 bits per heavy atom. The number of fused-ring (bicyclic) bond motifs is 1. The molecule has 0 amide bonds. The van der Waals surface area contributed by atoms with Crippen molar-refractivity contribution in [3.05, 3.63) is 36.4 Å². The van der Waals surface area contributed by atoms with Crippen molar-refractivity contribution < 1.29 is 32.2 Å². The van der Waals surface area contributed by atoms with Crippen LogP contribution in [0.15, 0.2) is 40.8 Å². The summed E-state index contributed by atoms with van der Waals surface area (Å²) in [5.41, 5.74) is 1.72. The Morgan fingerprint density at radius 2 is 1.68 bits per heavy atom. The van der Waals surface area contributed by atoms with E-state index >= 15 is 0 Å². The van der Waals surface area contributed by atoms with Crippen LogP contribution in [0.1, 0.15) is 68.2 Å². The van der Waals surface area contributed by atoms with Crippen molar-refractivity contribution in [2.75, 3.05) is 13.2 Å². The Hall–Kier alpha value is -2.73. The lowest BCUT2D eigenvalue weighted by Gasteiger charge is -2.17. The van der Waals surface area contributed by atoms with Gasteiger partial charge in [0.05, 0.1) is 13.2 Å². The predicted octanol–water partition coefficient (Wildman–Crippen LogP) is 8.77. The first kappa shape index (κ1) is 33.3. The molecular weight excluding hydrogens is 511 g/mol. The lowest BCUT2D eigenvalue weighted by atomic mass is 10.2. The fourth-order valence-electron chi connectivity index (χ4n) is 2.86. The molecule has 6 nitrogen and oxygen atoms in total. The summed E-state index contributed by atoms with van der Waals surface area (Å²) in [6.45, 7) is 16.3. The van der Waals surface area contributed by atoms with Gasteiger partial charge < -0.3 is 23.4 Å². The number of Topliss-reactive ketones (excluding diaryl/α,β-unsaturated/α-hetero) is 1. The van der Waals surface area contributed by atoms with Crippen molar-refractivity contribution >= 4 is 26.1 Å². The van der Waals surface area contributed by atoms with Crippen LogP contribution in [0, 0.1) is 11.8 Å². The first-order valence-electron chi connectivity index (χ1n) is 13.1. The van der Waals surface area contributed by atoms with Crippen molar-refractivity contribution in [1.82, 2.24) is 4.98 Å². The van der Waals surface area contributed by atoms with Crippen LogP contribution in [0.4, 0.5) is 8.78 Å². The molecule has 1 saturated carbocycles. The number of nitrogens with zero attached hydrogens (tertiary/aromatic N) is 1. The Kier molecular flexibility index (Phi) is 14.3. The van der Waals surface area contributed by atoms with E-state index in [-0.39, 0.29) is 17.3 Å². The number of aromatic nitrogens is 1. The molecule has 0 spiro atoms. The third kappa shape index (κ3) is 12.2. The van der Waals surface area contributed by atoms with Crippen LogP contribution in [0.2, 0.25) is 0 Å². The number of rotatable bonds is 9. The predicted molar refractivity (Wildman–Crippen MR) is 152 cm³/mol. The second-order valence-electron chi connectivity index (χ2n) is 8.84. The molecule has 3 aromatic rings. The molecule has 2 aromatic carbocycles. The largest absolute Gasteiger partial charge is 0.493 e. The zero-order valence-electron chi connectivity index (χ0n) is 23.8. The van der Waals surface area contributed by atoms with Gasteiger partial charge in [-0.25, -0.2) is 4.98 Å². The second-order valence-corrected chi connectivity index (χ2v) is 9.51. The van der Waals surface area contributed by atoms with Gasteiger partial charge in [0.25, 0.3) is 0 Å². The average molecular weight is 554 g/mol. The van der Waals surface area contributed by atoms with Gasteiger partial charge in [0.15, 0.2) is 17.1 Å². The Bertz CT molecular complexity index is 1120. The number of carbonyl (C=O) groups is 1. The van der Waals surface area contributed by atoms with Crippen LogP contribution in [0.25, 0.3) is 22.6 Å². The molecule has 1 aliphatic rings. The van der Waals surface area contributed by atoms with Crippen LogP contribution < -0.4 is 14.2 Å². The van der Waals surface area contributed by atoms with Gasteiger partial charge in [-0.1, -0.05) is 41.5 Å². The first-order chi connectivity index (χ1) is 18.0. The van der Waals surface area contributed by atoms with Crippen molar-refractivity contribution in [2.45, 2.75) is 74.1 Å². The van der Waals surface area contributed by atoms with Gasteiger partial charge in [0.1, 0.15) is 17.0 Å². The SMILES string of the molecule is CC.CC.CC(C)=O.CC(C)COc1ccc2nc(-c3ccc(OCC4CC4)c(OC(F)(F)P)c3)oc2c1. The monoisotopic (exact) mass is 553 g/mol. The van der Waals surface area contributed by atoms with Crippen molar-refractivity contribution in [3.63, 3.8) is 0 Å². The Balaban J connectivity index is 0.000000811. The summed E-state index contributed by atoms with van der Waals surface area (Å²) in [5.74, 6) is -1.16. The van der Waals surface area contributed by atoms with Gasteiger partial charge in [-0.3, -0.25) is 0 Å². The summed E-state index contributed by atoms with van der Waals surface area (Å²) >= 11 is 0. The molecular formula is C29H42F2NO5P. The standard InChI is InChI=1S/C22H24F2NO4P.C3H6O.2C2H6/c1-13(2)11-26-16-6-7-17-19(10-16)28-21(25-17)15-5-8-18(27-12-14-3-4-14)20(9-15)29-22(23,24)30;1-3(2)4;2*1-2/h5-10,13-14H,3-4,11-12,30H2,1-2H3;1-2H3;2*1-2H3. The zero-order chi connectivity index (χ0) is 28.9. The number of carbonyl (C=O) groups excluding carboxylic acids is 1. The highest BCUT2D eigenvalue weighted by Gasteiger charge is 2.27. The number of ketones is 1. The molecule has 38 heavy (non-hydrogen) atoms. The minimum atomic E-state index is -3.42. The fraction of sp³-hybridized carbons (Fsp3) is 0.517. The first-order valence-corrected chi connectivity index (χ1v) is 13.7. The summed E-state index contributed by atoms with van der Waals surface area (Å²) in [6, 6.07) is 10.2. The number of ether oxygens (including phenoxy) is 3. The van der Waals surface area contributed by atoms with Crippen molar-refractivity contribution in [1.29, 1.82) is 0 Å². The van der Waals surface area contributed by atoms with E-state index in [1.807, 2.05) is 33.8 Å². The number of benzene rings is 2. The van der Waals surface area contributed by atoms with E-state index in [0.717, 1.165) is 12.8 Å². The highest BCUT2D eigenvalue weighted by molar-refractivity contribution is 7.17. The van der Waals surface area contributed by atoms with E-state index in [4.69, 9.17) is 18.6 Å². The van der Waals surface area contributed by atoms with Crippen molar-refractivity contribution in [3.8, 4) is 28.7 Å². The van der Waals surface area contributed by atoms with Crippen LogP contribution in [-0.2, 0) is 4.79 Å². The van der Waals surface area contributed by atoms with Gasteiger partial charge in [0, 0.05) is 11.6 Å². The Labute approximate surface area is 227 Å². The van der Waals surface area contributed by atoms with E-state index in [1.54, 1.807) is 24.3 Å². The van der Waals surface area contributed by atoms with Crippen LogP contribution in [0.3, 0.4) is 0 Å². The summed E-state index contributed by atoms with van der Waals surface area (Å²) in [6.07, 6.45) is 2.19. The topological polar surface area (TPSA) is 70.8 Å². The van der Waals surface area contributed by atoms with Gasteiger partial charge in [0.2, 0.25) is 5.89 Å². The van der Waals surface area contributed by atoms with Gasteiger partial charge in [-0.2, -0.15) is 8.78 Å². The summed E-state index contributed by atoms with van der Waals surface area (Å²) in [4.78, 5) is 13.9. The maximum absolute atomic E-state index is 13.5. The summed E-state index contributed by atoms with van der Waals surface area (Å²) in [5, 5.41) is 0. The molecule has 1 atom stereocenters. The number of alkyl halides is 2. The Morgan fingerprint density at radius 1 is 1.05 bits per heavy atom. The maximum atomic E-state index is 13.5. The van der Waals surface area contributed by atoms with Crippen molar-refractivity contribution in [2.24, 2.45) is 11.8 Å². The van der Waals surface area contributed by atoms with Gasteiger partial charge in [-0.15, -0.1) is 0 Å². The fourth-order valence-corrected chi connectivity index (χ4v) is 2.99. The lowest BCUT2D eigenvalue weighted by molar-refractivity contribution is -0.115. The molecule has 1 aromatic heterocycles. The third-order valence-corrected chi connectivity index (χ3v) is 4.67. The van der Waals surface area contributed by atoms with Gasteiger partial charge in [-0.05, 0) is 78.1 Å². The van der Waals surface area contributed by atoms with Crippen LogP contribution in [0.5, 0.6) is 17.2 Å². The summed E-state index contributed by atoms with van der Waals surface area (Å²) in [7, 11) is 1.37. The lowest BCUT2D eigenvalue weighted by Crippen LogP contribution is -2.16. The van der Waals surface area contributed by atoms with Gasteiger partial charge >= 0.3 is 5.85 Å². The van der Waals surface area contributed by atoms with E-state index in [9.17, 15) is 13.6 Å². The third-order valence-electron chi connectivity index (χ3n) is 4.55. The van der Waals surface area contributed by atoms with E-state index < -0.39 is 5.85 Å². The zero-order valence-corrected chi connectivity index (χ0v) is 24.9. The van der Waals surface area contributed by atoms with Crippen LogP contribution >= 0.6 is 9.24 Å². The minimum Gasteiger partial charge on any atom is -0.493 e. The number of halogens is 2. The molecule has 0 saturated heterocycles. The number of hydrogen-bond donors (Lipinski definition) is 0. The maximum Gasteiger partial charge on any atom is 0.408 e. The molecule has 0 bridgehead atoms. The molecule has 1 unspecified atom stereocenters. The summed E-state index contributed by atoms with van der Waals surface area (Å²) < 4.78 is 49.1. The van der Waals surface area contributed by atoms with E-state index in [1.165, 1.54) is 29.2 Å². The molecule has 0 radical (unpaired) electrons. The smallest absolute Gasteiger partial charge is 0.408 e. The molecule has 9 heteroatoms. The molecule has 4 rings (SSSR count). The molecule has 0 N–H and O–H groups in total. The van der Waals surface area contributed by atoms with E-state index in [2.05, 4.69) is 18.8 Å². The average Bonchev–Trinajstić information content (AvgIpc) is 3.59. The highest BCUT2D eigenvalue weighted by Crippen LogP contribution is 2.39. The second kappa shape index (κ2) is 16.3. The van der Waals surface area contributed by atoms with Crippen LogP contribution in [-0.4, -0.2) is 29.8 Å². The molecule has 1 fully saturated rings. The highest BCUT2D eigenvalue weighted by atomic mass is 31.0. The van der Waals surface area contributed by atoms with E-state index in [0.29, 0.717) is 53.4 Å². The molecule has 1 heterocycles. The molecule has 0 aliphatic heterocycles. The normalized spacial score (nSPS) is 12.3. The molecule has 212 valence electrons. The quantitative estimate of drug-likeness (QED) is 0.247. The number of oxazole rings is 1. The number of hydrogen-bond acceptors (Lipinski definition) is 6. The molecule has 1 aliphatic carbocycles.